The van der Waals surface area contributed by atoms with Crippen molar-refractivity contribution in [1.29, 1.82) is 0 Å². The molecule has 0 heterocycles. The number of unbranched alkanes of at least 4 members (excludes halogenated alkanes) is 13. The maximum atomic E-state index is 11.0. The first-order valence-electron chi connectivity index (χ1n) is 9.48. The summed E-state index contributed by atoms with van der Waals surface area (Å²) in [6, 6.07) is -0.882. The van der Waals surface area contributed by atoms with E-state index in [0.717, 1.165) is 19.3 Å². The first kappa shape index (κ1) is 23.2. The van der Waals surface area contributed by atoms with Gasteiger partial charge in [-0.1, -0.05) is 90.4 Å². The highest BCUT2D eigenvalue weighted by molar-refractivity contribution is 7.84. The Kier molecular flexibility index (Phi) is 15.2. The largest absolute Gasteiger partial charge is 0.361 e. The molecule has 0 bridgehead atoms. The van der Waals surface area contributed by atoms with Gasteiger partial charge in [0.25, 0.3) is 0 Å². The van der Waals surface area contributed by atoms with E-state index < -0.39 is 16.3 Å². The zero-order chi connectivity index (χ0) is 18.1. The lowest BCUT2D eigenvalue weighted by atomic mass is 10.0. The number of urea groups is 1. The Balaban J connectivity index is 3.16. The maximum absolute atomic E-state index is 11.0. The van der Waals surface area contributed by atoms with E-state index in [0.29, 0.717) is 6.54 Å². The van der Waals surface area contributed by atoms with Crippen LogP contribution in [0.3, 0.4) is 0 Å². The molecule has 0 spiro atoms. The highest BCUT2D eigenvalue weighted by Crippen LogP contribution is 2.12. The molecular weight excluding hydrogens is 328 g/mol. The molecule has 0 aliphatic rings. The van der Waals surface area contributed by atoms with Crippen molar-refractivity contribution in [3.8, 4) is 0 Å². The van der Waals surface area contributed by atoms with E-state index in [4.69, 9.17) is 4.55 Å². The van der Waals surface area contributed by atoms with Gasteiger partial charge >= 0.3 is 16.3 Å². The van der Waals surface area contributed by atoms with Crippen molar-refractivity contribution >= 4 is 16.3 Å². The van der Waals surface area contributed by atoms with Crippen LogP contribution in [-0.2, 0) is 10.3 Å². The molecule has 144 valence electrons. The Labute approximate surface area is 148 Å². The molecule has 0 aliphatic carbocycles. The monoisotopic (exact) mass is 364 g/mol. The molecule has 0 rings (SSSR count). The number of hydrogen-bond donors (Lipinski definition) is 3. The second-order valence-corrected chi connectivity index (χ2v) is 7.58. The summed E-state index contributed by atoms with van der Waals surface area (Å²) in [4.78, 5) is 11.0. The van der Waals surface area contributed by atoms with Crippen molar-refractivity contribution < 1.29 is 17.8 Å². The van der Waals surface area contributed by atoms with Gasteiger partial charge in [-0.2, -0.15) is 8.42 Å². The number of amides is 2. The van der Waals surface area contributed by atoms with Gasteiger partial charge in [-0.3, -0.25) is 4.55 Å². The average molecular weight is 365 g/mol. The molecule has 0 fully saturated rings. The third-order valence-corrected chi connectivity index (χ3v) is 4.48. The minimum absolute atomic E-state index is 0.416. The van der Waals surface area contributed by atoms with E-state index in [1.165, 1.54) is 75.4 Å². The molecule has 3 N–H and O–H groups in total. The molecule has 6 nitrogen and oxygen atoms in total. The molecule has 0 atom stereocenters. The lowest BCUT2D eigenvalue weighted by Crippen LogP contribution is -2.39. The van der Waals surface area contributed by atoms with Crippen LogP contribution < -0.4 is 10.0 Å². The van der Waals surface area contributed by atoms with Crippen molar-refractivity contribution in [2.24, 2.45) is 0 Å². The van der Waals surface area contributed by atoms with Crippen LogP contribution in [0.5, 0.6) is 0 Å². The van der Waals surface area contributed by atoms with Gasteiger partial charge in [0.15, 0.2) is 0 Å². The second kappa shape index (κ2) is 15.7. The summed E-state index contributed by atoms with van der Waals surface area (Å²) < 4.78 is 30.6. The molecule has 0 unspecified atom stereocenters. The molecule has 0 aromatic heterocycles. The minimum Gasteiger partial charge on any atom is -0.337 e. The van der Waals surface area contributed by atoms with Crippen LogP contribution in [0.15, 0.2) is 0 Å². The van der Waals surface area contributed by atoms with E-state index >= 15 is 0 Å². The number of carbonyl (C=O) groups excluding carboxylic acids is 1. The smallest absolute Gasteiger partial charge is 0.337 e. The molecule has 0 saturated carbocycles. The van der Waals surface area contributed by atoms with Gasteiger partial charge in [0.1, 0.15) is 0 Å². The second-order valence-electron chi connectivity index (χ2n) is 6.43. The van der Waals surface area contributed by atoms with E-state index in [1.807, 2.05) is 0 Å². The fourth-order valence-corrected chi connectivity index (χ4v) is 2.98. The summed E-state index contributed by atoms with van der Waals surface area (Å²) in [5.41, 5.74) is 0. The van der Waals surface area contributed by atoms with Gasteiger partial charge in [0.2, 0.25) is 0 Å². The summed E-state index contributed by atoms with van der Waals surface area (Å²) in [5.74, 6) is 0. The first-order valence-corrected chi connectivity index (χ1v) is 10.9. The standard InChI is InChI=1S/C17H36N2O4S/c1-2-3-4-5-6-7-8-9-10-11-12-13-14-15-16-18-17(20)19-24(21,22)23/h2-16H2,1H3,(H2,18,19,20)(H,21,22,23). The Morgan fingerprint density at radius 3 is 1.50 bits per heavy atom. The van der Waals surface area contributed by atoms with Gasteiger partial charge < -0.3 is 5.32 Å². The van der Waals surface area contributed by atoms with Crippen molar-refractivity contribution in [1.82, 2.24) is 10.0 Å². The molecule has 0 saturated heterocycles. The van der Waals surface area contributed by atoms with Crippen molar-refractivity contribution in [3.63, 3.8) is 0 Å². The number of nitrogens with one attached hydrogen (secondary N) is 2. The Morgan fingerprint density at radius 2 is 1.12 bits per heavy atom. The van der Waals surface area contributed by atoms with Crippen molar-refractivity contribution in [2.45, 2.75) is 96.8 Å². The Hall–Kier alpha value is -0.820. The third-order valence-electron chi connectivity index (χ3n) is 4.04. The maximum Gasteiger partial charge on any atom is 0.361 e. The number of rotatable bonds is 16. The molecule has 2 amide bonds. The Bertz CT molecular complexity index is 399. The van der Waals surface area contributed by atoms with Crippen LogP contribution in [0.1, 0.15) is 96.8 Å². The number of carbonyl (C=O) groups is 1. The summed E-state index contributed by atoms with van der Waals surface area (Å²) >= 11 is 0. The van der Waals surface area contributed by atoms with Crippen molar-refractivity contribution in [2.75, 3.05) is 6.54 Å². The minimum atomic E-state index is -4.46. The summed E-state index contributed by atoms with van der Waals surface area (Å²) in [7, 11) is -4.46. The van der Waals surface area contributed by atoms with Crippen LogP contribution in [0.25, 0.3) is 0 Å². The molecule has 0 aromatic rings. The topological polar surface area (TPSA) is 95.5 Å². The summed E-state index contributed by atoms with van der Waals surface area (Å²) in [5, 5.41) is 2.39. The third kappa shape index (κ3) is 19.2. The van der Waals surface area contributed by atoms with Crippen LogP contribution in [-0.4, -0.2) is 25.5 Å². The van der Waals surface area contributed by atoms with E-state index in [-0.39, 0.29) is 0 Å². The fraction of sp³-hybridized carbons (Fsp3) is 0.941. The Morgan fingerprint density at radius 1 is 0.750 bits per heavy atom. The van der Waals surface area contributed by atoms with Crippen LogP contribution in [0.2, 0.25) is 0 Å². The quantitative estimate of drug-likeness (QED) is 0.276. The van der Waals surface area contributed by atoms with Gasteiger partial charge in [-0.05, 0) is 6.42 Å². The van der Waals surface area contributed by atoms with Crippen LogP contribution in [0.4, 0.5) is 4.79 Å². The molecule has 0 aliphatic heterocycles. The van der Waals surface area contributed by atoms with E-state index in [2.05, 4.69) is 12.2 Å². The lowest BCUT2D eigenvalue weighted by Gasteiger charge is -2.05. The molecule has 0 aromatic carbocycles. The van der Waals surface area contributed by atoms with Gasteiger partial charge in [-0.25, -0.2) is 9.52 Å². The normalized spacial score (nSPS) is 11.4. The molecular formula is C17H36N2O4S. The van der Waals surface area contributed by atoms with E-state index in [9.17, 15) is 13.2 Å². The van der Waals surface area contributed by atoms with E-state index in [1.54, 1.807) is 0 Å². The average Bonchev–Trinajstić information content (AvgIpc) is 2.49. The van der Waals surface area contributed by atoms with Gasteiger partial charge in [0, 0.05) is 6.54 Å². The van der Waals surface area contributed by atoms with Crippen molar-refractivity contribution in [3.05, 3.63) is 0 Å². The zero-order valence-electron chi connectivity index (χ0n) is 15.2. The highest BCUT2D eigenvalue weighted by atomic mass is 32.2. The predicted octanol–water partition coefficient (Wildman–Crippen LogP) is 4.57. The SMILES string of the molecule is CCCCCCCCCCCCCCCCNC(=O)NS(=O)(=O)O. The van der Waals surface area contributed by atoms with Gasteiger partial charge in [0.05, 0.1) is 0 Å². The van der Waals surface area contributed by atoms with Crippen LogP contribution >= 0.6 is 0 Å². The molecule has 7 heteroatoms. The highest BCUT2D eigenvalue weighted by Gasteiger charge is 2.08. The van der Waals surface area contributed by atoms with Crippen LogP contribution in [0, 0.1) is 0 Å². The van der Waals surface area contributed by atoms with Gasteiger partial charge in [-0.15, -0.1) is 0 Å². The molecule has 0 radical (unpaired) electrons. The zero-order valence-corrected chi connectivity index (χ0v) is 16.0. The molecule has 24 heavy (non-hydrogen) atoms. The number of hydrogen-bond acceptors (Lipinski definition) is 3. The summed E-state index contributed by atoms with van der Waals surface area (Å²) in [6.07, 6.45) is 17.7. The summed E-state index contributed by atoms with van der Waals surface area (Å²) in [6.45, 7) is 2.66. The predicted molar refractivity (Wildman–Crippen MR) is 98.4 cm³/mol. The fourth-order valence-electron chi connectivity index (χ4n) is 2.67. The lowest BCUT2D eigenvalue weighted by molar-refractivity contribution is 0.244. The first-order chi connectivity index (χ1) is 11.5.